The number of likely N-dealkylation sites (tertiary alicyclic amines) is 1. The lowest BCUT2D eigenvalue weighted by Crippen LogP contribution is -2.50. The number of amidine groups is 1. The third kappa shape index (κ3) is 2.66. The maximum atomic E-state index is 13.7. The van der Waals surface area contributed by atoms with Crippen molar-refractivity contribution < 1.29 is 19.5 Å². The number of benzene rings is 1. The molecule has 1 atom stereocenters. The quantitative estimate of drug-likeness (QED) is 0.329. The molecular formula is C13H16FN3O3. The molecule has 108 valence electrons. The molecule has 4 N–H and O–H groups in total. The fourth-order valence-electron chi connectivity index (χ4n) is 2.38. The maximum Gasteiger partial charge on any atom is 0.257 e. The average Bonchev–Trinajstić information content (AvgIpc) is 2.46. The van der Waals surface area contributed by atoms with E-state index in [1.165, 1.54) is 17.0 Å². The number of carbonyl (C=O) groups excluding carboxylic acids is 1. The average molecular weight is 281 g/mol. The van der Waals surface area contributed by atoms with Gasteiger partial charge in [0.1, 0.15) is 11.6 Å². The summed E-state index contributed by atoms with van der Waals surface area (Å²) >= 11 is 0. The van der Waals surface area contributed by atoms with Gasteiger partial charge >= 0.3 is 0 Å². The highest BCUT2D eigenvalue weighted by atomic mass is 19.1. The van der Waals surface area contributed by atoms with Crippen molar-refractivity contribution in [3.8, 4) is 5.75 Å². The van der Waals surface area contributed by atoms with Crippen LogP contribution in [0.1, 0.15) is 29.6 Å². The van der Waals surface area contributed by atoms with Gasteiger partial charge in [-0.25, -0.2) is 4.39 Å². The second-order valence-corrected chi connectivity index (χ2v) is 4.70. The normalized spacial score (nSPS) is 19.9. The van der Waals surface area contributed by atoms with Crippen LogP contribution >= 0.6 is 0 Å². The monoisotopic (exact) mass is 281 g/mol. The Balaban J connectivity index is 2.30. The predicted octanol–water partition coefficient (Wildman–Crippen LogP) is 1.27. The molecule has 0 aliphatic carbocycles. The molecule has 0 radical (unpaired) electrons. The van der Waals surface area contributed by atoms with Crippen molar-refractivity contribution in [2.24, 2.45) is 10.9 Å². The van der Waals surface area contributed by atoms with Crippen molar-refractivity contribution in [1.82, 2.24) is 4.90 Å². The number of nitrogens with two attached hydrogens (primary N) is 1. The fraction of sp³-hybridized carbons (Fsp3) is 0.385. The summed E-state index contributed by atoms with van der Waals surface area (Å²) in [6.45, 7) is 0.417. The summed E-state index contributed by atoms with van der Waals surface area (Å²) < 4.78 is 13.7. The lowest BCUT2D eigenvalue weighted by Gasteiger charge is -2.34. The van der Waals surface area contributed by atoms with Crippen LogP contribution in [0.4, 0.5) is 4.39 Å². The number of piperidine rings is 1. The van der Waals surface area contributed by atoms with Crippen molar-refractivity contribution in [2.45, 2.75) is 25.3 Å². The zero-order valence-corrected chi connectivity index (χ0v) is 10.8. The second kappa shape index (κ2) is 5.77. The Labute approximate surface area is 115 Å². The van der Waals surface area contributed by atoms with Crippen LogP contribution in [0.15, 0.2) is 23.4 Å². The van der Waals surface area contributed by atoms with Crippen LogP contribution in [-0.2, 0) is 0 Å². The molecule has 2 rings (SSSR count). The summed E-state index contributed by atoms with van der Waals surface area (Å²) in [4.78, 5) is 13.8. The molecule has 20 heavy (non-hydrogen) atoms. The smallest absolute Gasteiger partial charge is 0.257 e. The first-order valence-electron chi connectivity index (χ1n) is 6.31. The molecule has 1 amide bonds. The van der Waals surface area contributed by atoms with E-state index in [9.17, 15) is 14.3 Å². The number of amides is 1. The Morgan fingerprint density at radius 3 is 2.85 bits per heavy atom. The highest BCUT2D eigenvalue weighted by Gasteiger charge is 2.31. The lowest BCUT2D eigenvalue weighted by molar-refractivity contribution is 0.0672. The first-order chi connectivity index (χ1) is 9.54. The molecule has 1 aliphatic heterocycles. The van der Waals surface area contributed by atoms with Gasteiger partial charge in [-0.15, -0.1) is 0 Å². The van der Waals surface area contributed by atoms with Crippen molar-refractivity contribution in [3.63, 3.8) is 0 Å². The number of rotatable bonds is 2. The zero-order chi connectivity index (χ0) is 14.7. The van der Waals surface area contributed by atoms with Crippen LogP contribution in [0.5, 0.6) is 5.75 Å². The highest BCUT2D eigenvalue weighted by Crippen LogP contribution is 2.22. The van der Waals surface area contributed by atoms with Gasteiger partial charge in [0.25, 0.3) is 5.91 Å². The molecule has 0 saturated carbocycles. The molecule has 6 nitrogen and oxygen atoms in total. The molecule has 0 aromatic heterocycles. The van der Waals surface area contributed by atoms with Crippen LogP contribution in [-0.4, -0.2) is 39.5 Å². The number of carbonyl (C=O) groups is 1. The Morgan fingerprint density at radius 1 is 1.45 bits per heavy atom. The van der Waals surface area contributed by atoms with Gasteiger partial charge in [-0.2, -0.15) is 0 Å². The fourth-order valence-corrected chi connectivity index (χ4v) is 2.38. The standard InChI is InChI=1S/C13H16FN3O3/c14-10-7-8(18)4-5-9(10)13(19)17-6-2-1-3-11(17)12(15)16-20/h4-5,7,11,18,20H,1-3,6H2,(H2,15,16). The Bertz CT molecular complexity index is 548. The predicted molar refractivity (Wildman–Crippen MR) is 70.1 cm³/mol. The number of hydrogen-bond acceptors (Lipinski definition) is 4. The van der Waals surface area contributed by atoms with Crippen molar-refractivity contribution in [2.75, 3.05) is 6.54 Å². The SMILES string of the molecule is N/C(=N/O)C1CCCCN1C(=O)c1ccc(O)cc1F. The minimum Gasteiger partial charge on any atom is -0.508 e. The minimum atomic E-state index is -0.793. The topological polar surface area (TPSA) is 99.2 Å². The number of halogens is 1. The second-order valence-electron chi connectivity index (χ2n) is 4.70. The summed E-state index contributed by atoms with van der Waals surface area (Å²) in [6.07, 6.45) is 2.20. The number of aromatic hydroxyl groups is 1. The molecular weight excluding hydrogens is 265 g/mol. The summed E-state index contributed by atoms with van der Waals surface area (Å²) in [5.74, 6) is -1.62. The summed E-state index contributed by atoms with van der Waals surface area (Å²) in [5.41, 5.74) is 5.45. The van der Waals surface area contributed by atoms with E-state index in [-0.39, 0.29) is 17.1 Å². The number of nitrogens with zero attached hydrogens (tertiary/aromatic N) is 2. The van der Waals surface area contributed by atoms with Crippen molar-refractivity contribution >= 4 is 11.7 Å². The van der Waals surface area contributed by atoms with E-state index in [0.29, 0.717) is 13.0 Å². The lowest BCUT2D eigenvalue weighted by atomic mass is 10.00. The van der Waals surface area contributed by atoms with E-state index in [4.69, 9.17) is 10.9 Å². The first-order valence-corrected chi connectivity index (χ1v) is 6.31. The molecule has 0 bridgehead atoms. The molecule has 0 spiro atoms. The summed E-state index contributed by atoms with van der Waals surface area (Å²) in [6, 6.07) is 2.83. The van der Waals surface area contributed by atoms with Crippen LogP contribution in [0.3, 0.4) is 0 Å². The van der Waals surface area contributed by atoms with Gasteiger partial charge in [-0.05, 0) is 31.4 Å². The largest absolute Gasteiger partial charge is 0.508 e. The van der Waals surface area contributed by atoms with Crippen molar-refractivity contribution in [1.29, 1.82) is 0 Å². The van der Waals surface area contributed by atoms with Gasteiger partial charge in [0.05, 0.1) is 11.6 Å². The Morgan fingerprint density at radius 2 is 2.20 bits per heavy atom. The molecule has 1 aliphatic rings. The van der Waals surface area contributed by atoms with E-state index in [1.807, 2.05) is 0 Å². The van der Waals surface area contributed by atoms with Gasteiger partial charge in [0.2, 0.25) is 0 Å². The van der Waals surface area contributed by atoms with Crippen LogP contribution < -0.4 is 5.73 Å². The zero-order valence-electron chi connectivity index (χ0n) is 10.8. The molecule has 7 heteroatoms. The van der Waals surface area contributed by atoms with Crippen LogP contribution in [0.25, 0.3) is 0 Å². The first kappa shape index (κ1) is 14.1. The Hall–Kier alpha value is -2.31. The van der Waals surface area contributed by atoms with Crippen LogP contribution in [0.2, 0.25) is 0 Å². The number of oxime groups is 1. The number of hydrogen-bond donors (Lipinski definition) is 3. The number of phenolic OH excluding ortho intramolecular Hbond substituents is 1. The maximum absolute atomic E-state index is 13.7. The summed E-state index contributed by atoms with van der Waals surface area (Å²) in [5, 5.41) is 20.9. The molecule has 1 fully saturated rings. The van der Waals surface area contributed by atoms with Gasteiger partial charge in [-0.3, -0.25) is 4.79 Å². The summed E-state index contributed by atoms with van der Waals surface area (Å²) in [7, 11) is 0. The van der Waals surface area contributed by atoms with Gasteiger partial charge in [0, 0.05) is 12.6 Å². The minimum absolute atomic E-state index is 0.0581. The third-order valence-corrected chi connectivity index (χ3v) is 3.40. The van der Waals surface area contributed by atoms with E-state index in [2.05, 4.69) is 5.16 Å². The molecule has 1 heterocycles. The Kier molecular flexibility index (Phi) is 4.07. The van der Waals surface area contributed by atoms with Crippen LogP contribution in [0, 0.1) is 5.82 Å². The van der Waals surface area contributed by atoms with Gasteiger partial charge < -0.3 is 20.9 Å². The molecule has 1 aromatic rings. The highest BCUT2D eigenvalue weighted by molar-refractivity contribution is 5.98. The number of phenols is 1. The van der Waals surface area contributed by atoms with Gasteiger partial charge in [0.15, 0.2) is 5.84 Å². The van der Waals surface area contributed by atoms with Crippen molar-refractivity contribution in [3.05, 3.63) is 29.6 Å². The van der Waals surface area contributed by atoms with E-state index in [1.54, 1.807) is 0 Å². The van der Waals surface area contributed by atoms with E-state index >= 15 is 0 Å². The molecule has 1 unspecified atom stereocenters. The van der Waals surface area contributed by atoms with E-state index < -0.39 is 17.8 Å². The van der Waals surface area contributed by atoms with E-state index in [0.717, 1.165) is 18.9 Å². The van der Waals surface area contributed by atoms with Gasteiger partial charge in [-0.1, -0.05) is 5.16 Å². The molecule has 1 aromatic carbocycles. The third-order valence-electron chi connectivity index (χ3n) is 3.40. The molecule has 1 saturated heterocycles.